The maximum atomic E-state index is 13.0. The third-order valence-electron chi connectivity index (χ3n) is 5.18. The number of nitrogens with zero attached hydrogens (tertiary/aromatic N) is 3. The molecule has 3 rings (SSSR count). The molecule has 2 aromatic rings. The topological polar surface area (TPSA) is 52.2 Å². The molecule has 1 N–H and O–H groups in total. The number of aryl methyl sites for hydroxylation is 1. The normalized spacial score (nSPS) is 16.2. The molecule has 0 bridgehead atoms. The van der Waals surface area contributed by atoms with Gasteiger partial charge in [0.25, 0.3) is 0 Å². The van der Waals surface area contributed by atoms with Gasteiger partial charge < -0.3 is 4.90 Å². The summed E-state index contributed by atoms with van der Waals surface area (Å²) in [6, 6.07) is 10.1. The molecule has 0 saturated carbocycles. The van der Waals surface area contributed by atoms with Gasteiger partial charge in [-0.3, -0.25) is 14.8 Å². The minimum Gasteiger partial charge on any atom is -0.339 e. The molecular formula is C20H28N4O. The van der Waals surface area contributed by atoms with Crippen LogP contribution >= 0.6 is 0 Å². The molecule has 1 fully saturated rings. The highest BCUT2D eigenvalue weighted by atomic mass is 16.2. The highest BCUT2D eigenvalue weighted by Gasteiger charge is 2.34. The summed E-state index contributed by atoms with van der Waals surface area (Å²) >= 11 is 0. The van der Waals surface area contributed by atoms with Crippen molar-refractivity contribution in [2.45, 2.75) is 32.1 Å². The lowest BCUT2D eigenvalue weighted by Crippen LogP contribution is -2.53. The number of amides is 1. The lowest BCUT2D eigenvalue weighted by Gasteiger charge is -2.38. The molecule has 5 heteroatoms. The number of carbonyl (C=O) groups excluding carboxylic acids is 1. The van der Waals surface area contributed by atoms with Crippen LogP contribution in [0.2, 0.25) is 0 Å². The zero-order valence-electron chi connectivity index (χ0n) is 15.2. The predicted molar refractivity (Wildman–Crippen MR) is 99.4 cm³/mol. The van der Waals surface area contributed by atoms with Gasteiger partial charge in [0, 0.05) is 32.4 Å². The van der Waals surface area contributed by atoms with Gasteiger partial charge in [-0.05, 0) is 44.4 Å². The van der Waals surface area contributed by atoms with E-state index in [1.54, 1.807) is 0 Å². The summed E-state index contributed by atoms with van der Waals surface area (Å²) in [6.45, 7) is 8.70. The molecule has 1 aromatic heterocycles. The molecule has 0 atom stereocenters. The minimum atomic E-state index is -0.468. The Hall–Kier alpha value is -2.14. The summed E-state index contributed by atoms with van der Waals surface area (Å²) in [5.74, 6) is 0.233. The number of hydrogen-bond acceptors (Lipinski definition) is 3. The molecule has 2 heterocycles. The Morgan fingerprint density at radius 1 is 1.16 bits per heavy atom. The average molecular weight is 340 g/mol. The standard InChI is InChI=1S/C20H28N4O/c1-20(2,18-8-4-3-5-9-18)19(25)24-13-11-23(12-14-24)10-6-7-17-15-21-22-16-17/h3-5,8-9,15-16H,6-7,10-14H2,1-2H3,(H,21,22). The van der Waals surface area contributed by atoms with Crippen molar-refractivity contribution in [1.82, 2.24) is 20.0 Å². The van der Waals surface area contributed by atoms with Crippen molar-refractivity contribution in [2.75, 3.05) is 32.7 Å². The zero-order valence-corrected chi connectivity index (χ0v) is 15.2. The van der Waals surface area contributed by atoms with E-state index in [-0.39, 0.29) is 5.91 Å². The van der Waals surface area contributed by atoms with E-state index in [1.807, 2.05) is 61.5 Å². The Morgan fingerprint density at radius 2 is 1.88 bits per heavy atom. The Kier molecular flexibility index (Phi) is 5.53. The number of carbonyl (C=O) groups is 1. The van der Waals surface area contributed by atoms with Crippen LogP contribution in [0.4, 0.5) is 0 Å². The van der Waals surface area contributed by atoms with Crippen LogP contribution in [0.1, 0.15) is 31.4 Å². The minimum absolute atomic E-state index is 0.233. The van der Waals surface area contributed by atoms with E-state index >= 15 is 0 Å². The smallest absolute Gasteiger partial charge is 0.232 e. The maximum absolute atomic E-state index is 13.0. The quantitative estimate of drug-likeness (QED) is 0.879. The third kappa shape index (κ3) is 4.28. The fourth-order valence-corrected chi connectivity index (χ4v) is 3.47. The van der Waals surface area contributed by atoms with Gasteiger partial charge in [0.05, 0.1) is 11.6 Å². The van der Waals surface area contributed by atoms with E-state index in [0.29, 0.717) is 0 Å². The fourth-order valence-electron chi connectivity index (χ4n) is 3.47. The lowest BCUT2D eigenvalue weighted by atomic mass is 9.83. The summed E-state index contributed by atoms with van der Waals surface area (Å²) in [7, 11) is 0. The van der Waals surface area contributed by atoms with Gasteiger partial charge in [-0.25, -0.2) is 0 Å². The summed E-state index contributed by atoms with van der Waals surface area (Å²) in [4.78, 5) is 17.5. The Balaban J connectivity index is 1.47. The van der Waals surface area contributed by atoms with Gasteiger partial charge in [-0.15, -0.1) is 0 Å². The summed E-state index contributed by atoms with van der Waals surface area (Å²) in [5.41, 5.74) is 1.88. The van der Waals surface area contributed by atoms with E-state index in [1.165, 1.54) is 5.56 Å². The molecule has 0 radical (unpaired) electrons. The molecular weight excluding hydrogens is 312 g/mol. The van der Waals surface area contributed by atoms with E-state index in [4.69, 9.17) is 0 Å². The van der Waals surface area contributed by atoms with Crippen LogP contribution in [0.15, 0.2) is 42.7 Å². The number of rotatable bonds is 6. The molecule has 1 aliphatic heterocycles. The van der Waals surface area contributed by atoms with E-state index in [2.05, 4.69) is 15.1 Å². The second-order valence-electron chi connectivity index (χ2n) is 7.33. The van der Waals surface area contributed by atoms with E-state index in [0.717, 1.165) is 51.1 Å². The van der Waals surface area contributed by atoms with E-state index < -0.39 is 5.41 Å². The van der Waals surface area contributed by atoms with Crippen LogP contribution < -0.4 is 0 Å². The van der Waals surface area contributed by atoms with Crippen molar-refractivity contribution in [3.8, 4) is 0 Å². The Labute approximate surface area is 150 Å². The van der Waals surface area contributed by atoms with Gasteiger partial charge in [0.2, 0.25) is 5.91 Å². The summed E-state index contributed by atoms with van der Waals surface area (Å²) in [6.07, 6.45) is 6.03. The van der Waals surface area contributed by atoms with Crippen molar-refractivity contribution in [3.63, 3.8) is 0 Å². The molecule has 0 spiro atoms. The van der Waals surface area contributed by atoms with Gasteiger partial charge in [0.15, 0.2) is 0 Å². The number of aromatic amines is 1. The van der Waals surface area contributed by atoms with Crippen LogP contribution in [-0.4, -0.2) is 58.6 Å². The predicted octanol–water partition coefficient (Wildman–Crippen LogP) is 2.46. The maximum Gasteiger partial charge on any atom is 0.232 e. The molecule has 0 unspecified atom stereocenters. The number of aromatic nitrogens is 2. The number of benzene rings is 1. The second kappa shape index (κ2) is 7.83. The highest BCUT2D eigenvalue weighted by Crippen LogP contribution is 2.26. The first-order valence-corrected chi connectivity index (χ1v) is 9.12. The molecule has 1 amide bonds. The summed E-state index contributed by atoms with van der Waals surface area (Å²) < 4.78 is 0. The summed E-state index contributed by atoms with van der Waals surface area (Å²) in [5, 5.41) is 6.84. The van der Waals surface area contributed by atoms with Gasteiger partial charge in [-0.1, -0.05) is 30.3 Å². The van der Waals surface area contributed by atoms with Crippen LogP contribution in [0.3, 0.4) is 0 Å². The molecule has 1 saturated heterocycles. The van der Waals surface area contributed by atoms with Crippen LogP contribution in [0, 0.1) is 0 Å². The molecule has 0 aliphatic carbocycles. The number of H-pyrrole nitrogens is 1. The van der Waals surface area contributed by atoms with Crippen LogP contribution in [0.5, 0.6) is 0 Å². The first-order chi connectivity index (χ1) is 12.1. The fraction of sp³-hybridized carbons (Fsp3) is 0.500. The largest absolute Gasteiger partial charge is 0.339 e. The van der Waals surface area contributed by atoms with Crippen molar-refractivity contribution in [2.24, 2.45) is 0 Å². The van der Waals surface area contributed by atoms with Crippen molar-refractivity contribution >= 4 is 5.91 Å². The molecule has 5 nitrogen and oxygen atoms in total. The van der Waals surface area contributed by atoms with Crippen LogP contribution in [-0.2, 0) is 16.6 Å². The van der Waals surface area contributed by atoms with Crippen molar-refractivity contribution in [1.29, 1.82) is 0 Å². The first-order valence-electron chi connectivity index (χ1n) is 9.12. The Bertz CT molecular complexity index is 658. The van der Waals surface area contributed by atoms with Gasteiger partial charge in [-0.2, -0.15) is 5.10 Å². The van der Waals surface area contributed by atoms with E-state index in [9.17, 15) is 4.79 Å². The monoisotopic (exact) mass is 340 g/mol. The molecule has 1 aromatic carbocycles. The third-order valence-corrected chi connectivity index (χ3v) is 5.18. The molecule has 134 valence electrons. The zero-order chi connectivity index (χ0) is 17.7. The lowest BCUT2D eigenvalue weighted by molar-refractivity contribution is -0.138. The van der Waals surface area contributed by atoms with Crippen LogP contribution in [0.25, 0.3) is 0 Å². The van der Waals surface area contributed by atoms with Gasteiger partial charge in [0.1, 0.15) is 0 Å². The first kappa shape index (κ1) is 17.7. The van der Waals surface area contributed by atoms with Crippen molar-refractivity contribution < 1.29 is 4.79 Å². The number of nitrogens with one attached hydrogen (secondary N) is 1. The average Bonchev–Trinajstić information content (AvgIpc) is 3.16. The second-order valence-corrected chi connectivity index (χ2v) is 7.33. The number of piperazine rings is 1. The SMILES string of the molecule is CC(C)(C(=O)N1CCN(CCCc2cn[nH]c2)CC1)c1ccccc1. The molecule has 1 aliphatic rings. The van der Waals surface area contributed by atoms with Crippen molar-refractivity contribution in [3.05, 3.63) is 53.9 Å². The molecule has 25 heavy (non-hydrogen) atoms. The van der Waals surface area contributed by atoms with Gasteiger partial charge >= 0.3 is 0 Å². The number of hydrogen-bond donors (Lipinski definition) is 1. The highest BCUT2D eigenvalue weighted by molar-refractivity contribution is 5.87. The Morgan fingerprint density at radius 3 is 2.52 bits per heavy atom.